The lowest BCUT2D eigenvalue weighted by atomic mass is 10.3. The molecule has 0 heterocycles. The molecular weight excluding hydrogens is 314 g/mol. The fraction of sp³-hybridized carbons (Fsp3) is 0.462. The zero-order valence-electron chi connectivity index (χ0n) is 11.7. The van der Waals surface area contributed by atoms with Crippen LogP contribution in [0.3, 0.4) is 0 Å². The molecule has 1 amide bonds. The van der Waals surface area contributed by atoms with Crippen LogP contribution >= 0.6 is 12.4 Å². The number of nitrogens with one attached hydrogen (secondary N) is 2. The maximum atomic E-state index is 11.9. The quantitative estimate of drug-likeness (QED) is 0.576. The van der Waals surface area contributed by atoms with Gasteiger partial charge in [0.1, 0.15) is 0 Å². The Morgan fingerprint density at radius 3 is 2.38 bits per heavy atom. The van der Waals surface area contributed by atoms with Crippen LogP contribution in [0.15, 0.2) is 35.2 Å². The molecule has 8 heteroatoms. The van der Waals surface area contributed by atoms with Gasteiger partial charge in [-0.2, -0.15) is 0 Å². The number of nitrogens with two attached hydrogens (primary N) is 1. The second-order valence-corrected chi connectivity index (χ2v) is 6.07. The van der Waals surface area contributed by atoms with Crippen molar-refractivity contribution in [3.05, 3.63) is 30.3 Å². The third kappa shape index (κ3) is 8.01. The first-order chi connectivity index (χ1) is 9.56. The molecule has 0 atom stereocenters. The summed E-state index contributed by atoms with van der Waals surface area (Å²) in [7, 11) is -3.53. The number of benzene rings is 1. The molecule has 0 unspecified atom stereocenters. The van der Waals surface area contributed by atoms with Crippen molar-refractivity contribution >= 4 is 28.3 Å². The highest BCUT2D eigenvalue weighted by Crippen LogP contribution is 2.06. The second-order valence-electron chi connectivity index (χ2n) is 4.31. The van der Waals surface area contributed by atoms with Crippen LogP contribution in [0.1, 0.15) is 19.3 Å². The zero-order chi connectivity index (χ0) is 14.8. The van der Waals surface area contributed by atoms with E-state index in [0.717, 1.165) is 12.8 Å². The van der Waals surface area contributed by atoms with E-state index in [1.807, 2.05) is 0 Å². The number of rotatable bonds is 9. The molecule has 1 aromatic rings. The predicted molar refractivity (Wildman–Crippen MR) is 84.8 cm³/mol. The van der Waals surface area contributed by atoms with Crippen molar-refractivity contribution in [3.63, 3.8) is 0 Å². The maximum absolute atomic E-state index is 11.9. The standard InChI is InChI=1S/C13H21N3O3S.ClH/c14-9-4-5-10-15-13(17)8-11-16-20(18,19)12-6-2-1-3-7-12;/h1-3,6-7,16H,4-5,8-11,14H2,(H,15,17);1H. The molecule has 0 saturated carbocycles. The summed E-state index contributed by atoms with van der Waals surface area (Å²) in [6.45, 7) is 1.26. The first-order valence-corrected chi connectivity index (χ1v) is 8.06. The number of carbonyl (C=O) groups is 1. The minimum absolute atomic E-state index is 0. The van der Waals surface area contributed by atoms with E-state index in [1.165, 1.54) is 12.1 Å². The molecule has 0 aromatic heterocycles. The van der Waals surface area contributed by atoms with Gasteiger partial charge in [0.2, 0.25) is 15.9 Å². The number of sulfonamides is 1. The van der Waals surface area contributed by atoms with Crippen LogP contribution in [-0.2, 0) is 14.8 Å². The molecule has 0 saturated heterocycles. The van der Waals surface area contributed by atoms with E-state index >= 15 is 0 Å². The molecule has 0 radical (unpaired) electrons. The summed E-state index contributed by atoms with van der Waals surface area (Å²) in [6.07, 6.45) is 1.81. The van der Waals surface area contributed by atoms with Crippen LogP contribution in [0.2, 0.25) is 0 Å². The Bertz CT molecular complexity index is 509. The Balaban J connectivity index is 0.00000400. The van der Waals surface area contributed by atoms with Crippen LogP contribution in [0.25, 0.3) is 0 Å². The van der Waals surface area contributed by atoms with Crippen LogP contribution in [0, 0.1) is 0 Å². The van der Waals surface area contributed by atoms with Gasteiger partial charge in [-0.05, 0) is 31.5 Å². The molecule has 0 fully saturated rings. The molecule has 1 aromatic carbocycles. The highest BCUT2D eigenvalue weighted by molar-refractivity contribution is 7.89. The first kappa shape index (κ1) is 19.9. The number of carbonyl (C=O) groups excluding carboxylic acids is 1. The minimum Gasteiger partial charge on any atom is -0.356 e. The largest absolute Gasteiger partial charge is 0.356 e. The molecule has 6 nitrogen and oxygen atoms in total. The Hall–Kier alpha value is -1.15. The molecule has 0 aliphatic carbocycles. The van der Waals surface area contributed by atoms with Crippen LogP contribution in [0.5, 0.6) is 0 Å². The Morgan fingerprint density at radius 2 is 1.76 bits per heavy atom. The Morgan fingerprint density at radius 1 is 1.10 bits per heavy atom. The highest BCUT2D eigenvalue weighted by Gasteiger charge is 2.13. The molecule has 21 heavy (non-hydrogen) atoms. The van der Waals surface area contributed by atoms with Crippen molar-refractivity contribution in [1.82, 2.24) is 10.0 Å². The van der Waals surface area contributed by atoms with E-state index in [0.29, 0.717) is 13.1 Å². The lowest BCUT2D eigenvalue weighted by molar-refractivity contribution is -0.120. The average Bonchev–Trinajstić information content (AvgIpc) is 2.44. The van der Waals surface area contributed by atoms with E-state index in [2.05, 4.69) is 10.0 Å². The van der Waals surface area contributed by atoms with E-state index in [-0.39, 0.29) is 36.2 Å². The van der Waals surface area contributed by atoms with Crippen LogP contribution in [0.4, 0.5) is 0 Å². The minimum atomic E-state index is -3.53. The number of hydrogen-bond acceptors (Lipinski definition) is 4. The topological polar surface area (TPSA) is 101 Å². The van der Waals surface area contributed by atoms with Gasteiger partial charge >= 0.3 is 0 Å². The molecule has 1 rings (SSSR count). The van der Waals surface area contributed by atoms with Gasteiger partial charge in [0, 0.05) is 19.5 Å². The van der Waals surface area contributed by atoms with E-state index < -0.39 is 10.0 Å². The summed E-state index contributed by atoms with van der Waals surface area (Å²) in [5.41, 5.74) is 5.34. The predicted octanol–water partition coefficient (Wildman–Crippen LogP) is 0.632. The van der Waals surface area contributed by atoms with Gasteiger partial charge in [-0.15, -0.1) is 12.4 Å². The molecule has 4 N–H and O–H groups in total. The van der Waals surface area contributed by atoms with Crippen molar-refractivity contribution < 1.29 is 13.2 Å². The van der Waals surface area contributed by atoms with Gasteiger partial charge < -0.3 is 11.1 Å². The van der Waals surface area contributed by atoms with Crippen LogP contribution < -0.4 is 15.8 Å². The van der Waals surface area contributed by atoms with Crippen molar-refractivity contribution in [3.8, 4) is 0 Å². The van der Waals surface area contributed by atoms with Crippen molar-refractivity contribution in [2.24, 2.45) is 5.73 Å². The smallest absolute Gasteiger partial charge is 0.240 e. The third-order valence-electron chi connectivity index (χ3n) is 2.65. The van der Waals surface area contributed by atoms with Crippen molar-refractivity contribution in [1.29, 1.82) is 0 Å². The molecular formula is C13H22ClN3O3S. The summed E-state index contributed by atoms with van der Waals surface area (Å²) >= 11 is 0. The fourth-order valence-corrected chi connectivity index (χ4v) is 2.62. The zero-order valence-corrected chi connectivity index (χ0v) is 13.4. The monoisotopic (exact) mass is 335 g/mol. The van der Waals surface area contributed by atoms with Crippen LogP contribution in [-0.4, -0.2) is 34.0 Å². The van der Waals surface area contributed by atoms with Crippen molar-refractivity contribution in [2.75, 3.05) is 19.6 Å². The van der Waals surface area contributed by atoms with Gasteiger partial charge in [-0.3, -0.25) is 4.79 Å². The fourth-order valence-electron chi connectivity index (χ4n) is 1.57. The molecule has 120 valence electrons. The lowest BCUT2D eigenvalue weighted by Gasteiger charge is -2.07. The summed E-state index contributed by atoms with van der Waals surface area (Å²) in [5, 5.41) is 2.71. The van der Waals surface area contributed by atoms with Gasteiger partial charge in [0.15, 0.2) is 0 Å². The van der Waals surface area contributed by atoms with Crippen molar-refractivity contribution in [2.45, 2.75) is 24.2 Å². The summed E-state index contributed by atoms with van der Waals surface area (Å²) in [6, 6.07) is 8.07. The highest BCUT2D eigenvalue weighted by atomic mass is 35.5. The van der Waals surface area contributed by atoms with Gasteiger partial charge in [0.05, 0.1) is 4.90 Å². The Labute approximate surface area is 132 Å². The SMILES string of the molecule is Cl.NCCCCNC(=O)CCNS(=O)(=O)c1ccccc1. The van der Waals surface area contributed by atoms with E-state index in [9.17, 15) is 13.2 Å². The molecule has 0 aliphatic rings. The van der Waals surface area contributed by atoms with Gasteiger partial charge in [-0.1, -0.05) is 18.2 Å². The summed E-state index contributed by atoms with van der Waals surface area (Å²) in [5.74, 6) is -0.169. The van der Waals surface area contributed by atoms with Gasteiger partial charge in [-0.25, -0.2) is 13.1 Å². The number of unbranched alkanes of at least 4 members (excludes halogenated alkanes) is 1. The van der Waals surface area contributed by atoms with E-state index in [4.69, 9.17) is 5.73 Å². The first-order valence-electron chi connectivity index (χ1n) is 6.58. The molecule has 0 spiro atoms. The number of hydrogen-bond donors (Lipinski definition) is 3. The summed E-state index contributed by atoms with van der Waals surface area (Å²) in [4.78, 5) is 11.6. The van der Waals surface area contributed by atoms with Gasteiger partial charge in [0.25, 0.3) is 0 Å². The second kappa shape index (κ2) is 10.6. The number of amides is 1. The normalized spacial score (nSPS) is 10.7. The third-order valence-corrected chi connectivity index (χ3v) is 4.13. The Kier molecular flexibility index (Phi) is 9.98. The number of halogens is 1. The molecule has 0 aliphatic heterocycles. The lowest BCUT2D eigenvalue weighted by Crippen LogP contribution is -2.31. The average molecular weight is 336 g/mol. The molecule has 0 bridgehead atoms. The van der Waals surface area contributed by atoms with E-state index in [1.54, 1.807) is 18.2 Å². The maximum Gasteiger partial charge on any atom is 0.240 e. The summed E-state index contributed by atoms with van der Waals surface area (Å²) < 4.78 is 26.1.